The molecule has 2 rings (SSSR count). The van der Waals surface area contributed by atoms with Crippen LogP contribution in [0.2, 0.25) is 0 Å². The highest BCUT2D eigenvalue weighted by Gasteiger charge is 2.22. The van der Waals surface area contributed by atoms with Crippen LogP contribution in [0.15, 0.2) is 49.1 Å². The first-order valence-electron chi connectivity index (χ1n) is 6.36. The van der Waals surface area contributed by atoms with Crippen molar-refractivity contribution in [1.29, 1.82) is 0 Å². The molecule has 2 atom stereocenters. The summed E-state index contributed by atoms with van der Waals surface area (Å²) in [4.78, 5) is 12.1. The minimum absolute atomic E-state index is 0. The van der Waals surface area contributed by atoms with E-state index in [1.807, 2.05) is 72.2 Å². The number of hydrogen-bond donors (Lipinski definition) is 1. The summed E-state index contributed by atoms with van der Waals surface area (Å²) in [5.74, 6) is 0.0209. The molecule has 1 heterocycles. The number of carbonyl (C=O) groups is 1. The van der Waals surface area contributed by atoms with E-state index in [4.69, 9.17) is 0 Å². The number of aliphatic hydroxyl groups excluding tert-OH is 1. The van der Waals surface area contributed by atoms with Crippen LogP contribution in [0.5, 0.6) is 0 Å². The molecule has 5 heteroatoms. The molecular weight excluding hydrogens is 320 g/mol. The van der Waals surface area contributed by atoms with Crippen LogP contribution in [0.4, 0.5) is 0 Å². The van der Waals surface area contributed by atoms with Crippen molar-refractivity contribution in [2.45, 2.75) is 25.5 Å². The molecule has 0 amide bonds. The van der Waals surface area contributed by atoms with Gasteiger partial charge in [0.1, 0.15) is 12.4 Å². The van der Waals surface area contributed by atoms with Crippen LogP contribution >= 0.6 is 0 Å². The number of halogens is 1. The number of aliphatic hydroxyl groups is 1. The lowest BCUT2D eigenvalue weighted by Gasteiger charge is -2.12. The van der Waals surface area contributed by atoms with E-state index in [0.717, 1.165) is 5.56 Å². The molecule has 0 aliphatic carbocycles. The third kappa shape index (κ3) is 4.02. The van der Waals surface area contributed by atoms with E-state index < -0.39 is 6.10 Å². The molecule has 0 bridgehead atoms. The smallest absolute Gasteiger partial charge is 0.244 e. The van der Waals surface area contributed by atoms with Gasteiger partial charge in [-0.05, 0) is 12.5 Å². The summed E-state index contributed by atoms with van der Waals surface area (Å²) < 4.78 is 3.73. The Morgan fingerprint density at radius 3 is 2.55 bits per heavy atom. The number of rotatable bonds is 5. The molecule has 2 unspecified atom stereocenters. The third-order valence-electron chi connectivity index (χ3n) is 3.28. The lowest BCUT2D eigenvalue weighted by Crippen LogP contribution is -3.00. The van der Waals surface area contributed by atoms with Crippen molar-refractivity contribution in [3.63, 3.8) is 0 Å². The number of aryl methyl sites for hydroxylation is 1. The van der Waals surface area contributed by atoms with E-state index >= 15 is 0 Å². The second-order valence-electron chi connectivity index (χ2n) is 4.80. The van der Waals surface area contributed by atoms with Crippen LogP contribution in [0.1, 0.15) is 31.1 Å². The van der Waals surface area contributed by atoms with Crippen LogP contribution in [-0.4, -0.2) is 15.5 Å². The SMILES string of the molecule is CC(C(=O)CC(O)c1ccccc1)n1cc[n+](C)c1.[Br-]. The number of imidazole rings is 1. The highest BCUT2D eigenvalue weighted by atomic mass is 79.9. The molecule has 0 radical (unpaired) electrons. The van der Waals surface area contributed by atoms with Gasteiger partial charge < -0.3 is 22.1 Å². The normalized spacial score (nSPS) is 13.3. The lowest BCUT2D eigenvalue weighted by atomic mass is 10.0. The fraction of sp³-hybridized carbons (Fsp3) is 0.333. The second-order valence-corrected chi connectivity index (χ2v) is 4.80. The van der Waals surface area contributed by atoms with Gasteiger partial charge in [-0.3, -0.25) is 4.79 Å². The van der Waals surface area contributed by atoms with E-state index in [9.17, 15) is 9.90 Å². The first kappa shape index (κ1) is 16.6. The Labute approximate surface area is 129 Å². The highest BCUT2D eigenvalue weighted by molar-refractivity contribution is 5.82. The number of hydrogen-bond acceptors (Lipinski definition) is 2. The number of benzene rings is 1. The Balaban J connectivity index is 0.00000200. The maximum Gasteiger partial charge on any atom is 0.244 e. The quantitative estimate of drug-likeness (QED) is 0.679. The molecule has 2 aromatic rings. The van der Waals surface area contributed by atoms with Gasteiger partial charge in [0.2, 0.25) is 6.33 Å². The van der Waals surface area contributed by atoms with Crippen LogP contribution in [-0.2, 0) is 11.8 Å². The standard InChI is InChI=1S/C15H19N2O2.BrH/c1-12(17-9-8-16(2)11-17)14(18)10-15(19)13-6-4-3-5-7-13;/h3-9,11-12,15,19H,10H2,1-2H3;1H/q+1;/p-1. The van der Waals surface area contributed by atoms with E-state index in [0.29, 0.717) is 0 Å². The van der Waals surface area contributed by atoms with Crippen molar-refractivity contribution in [2.75, 3.05) is 0 Å². The van der Waals surface area contributed by atoms with Crippen molar-refractivity contribution in [2.24, 2.45) is 7.05 Å². The van der Waals surface area contributed by atoms with E-state index in [1.165, 1.54) is 0 Å². The van der Waals surface area contributed by atoms with Gasteiger partial charge in [-0.2, -0.15) is 0 Å². The Morgan fingerprint density at radius 2 is 2.00 bits per heavy atom. The fourth-order valence-electron chi connectivity index (χ4n) is 2.02. The molecule has 1 aromatic carbocycles. The number of Topliss-reactive ketones (excluding diaryl/α,β-unsaturated/α-hetero) is 1. The average Bonchev–Trinajstić information content (AvgIpc) is 2.85. The van der Waals surface area contributed by atoms with Crippen molar-refractivity contribution in [3.05, 3.63) is 54.6 Å². The summed E-state index contributed by atoms with van der Waals surface area (Å²) in [7, 11) is 1.91. The number of carbonyl (C=O) groups excluding carboxylic acids is 1. The summed E-state index contributed by atoms with van der Waals surface area (Å²) in [6.07, 6.45) is 5.00. The zero-order chi connectivity index (χ0) is 13.8. The fourth-order valence-corrected chi connectivity index (χ4v) is 2.02. The summed E-state index contributed by atoms with van der Waals surface area (Å²) >= 11 is 0. The van der Waals surface area contributed by atoms with Crippen LogP contribution in [0, 0.1) is 0 Å². The molecule has 0 spiro atoms. The monoisotopic (exact) mass is 338 g/mol. The van der Waals surface area contributed by atoms with Crippen LogP contribution in [0.3, 0.4) is 0 Å². The van der Waals surface area contributed by atoms with Gasteiger partial charge in [0, 0.05) is 6.42 Å². The minimum atomic E-state index is -0.736. The van der Waals surface area contributed by atoms with Gasteiger partial charge in [0.05, 0.1) is 13.2 Å². The largest absolute Gasteiger partial charge is 1.00 e. The molecule has 1 N–H and O–H groups in total. The van der Waals surface area contributed by atoms with Crippen LogP contribution in [0.25, 0.3) is 0 Å². The average molecular weight is 339 g/mol. The Bertz CT molecular complexity index is 554. The van der Waals surface area contributed by atoms with Gasteiger partial charge in [-0.25, -0.2) is 9.13 Å². The predicted molar refractivity (Wildman–Crippen MR) is 71.3 cm³/mol. The molecule has 4 nitrogen and oxygen atoms in total. The number of aromatic nitrogens is 2. The van der Waals surface area contributed by atoms with Gasteiger partial charge in [0.25, 0.3) is 0 Å². The minimum Gasteiger partial charge on any atom is -1.00 e. The maximum absolute atomic E-state index is 12.1. The van der Waals surface area contributed by atoms with Gasteiger partial charge in [-0.15, -0.1) is 0 Å². The van der Waals surface area contributed by atoms with E-state index in [2.05, 4.69) is 0 Å². The predicted octanol–water partition coefficient (Wildman–Crippen LogP) is -1.43. The zero-order valence-electron chi connectivity index (χ0n) is 11.6. The molecule has 20 heavy (non-hydrogen) atoms. The summed E-state index contributed by atoms with van der Waals surface area (Å²) in [5, 5.41) is 10.1. The zero-order valence-corrected chi connectivity index (χ0v) is 13.2. The van der Waals surface area contributed by atoms with Gasteiger partial charge >= 0.3 is 0 Å². The van der Waals surface area contributed by atoms with E-state index in [1.54, 1.807) is 0 Å². The Morgan fingerprint density at radius 1 is 1.35 bits per heavy atom. The molecule has 0 saturated carbocycles. The summed E-state index contributed by atoms with van der Waals surface area (Å²) in [6.45, 7) is 1.85. The van der Waals surface area contributed by atoms with E-state index in [-0.39, 0.29) is 35.2 Å². The van der Waals surface area contributed by atoms with Crippen LogP contribution < -0.4 is 21.5 Å². The van der Waals surface area contributed by atoms with Crippen molar-refractivity contribution < 1.29 is 31.4 Å². The Hall–Kier alpha value is -1.46. The molecule has 0 aliphatic heterocycles. The molecule has 108 valence electrons. The first-order valence-corrected chi connectivity index (χ1v) is 6.36. The maximum atomic E-state index is 12.1. The lowest BCUT2D eigenvalue weighted by molar-refractivity contribution is -0.671. The second kappa shape index (κ2) is 7.36. The van der Waals surface area contributed by atoms with Crippen molar-refractivity contribution >= 4 is 5.78 Å². The molecule has 0 aliphatic rings. The van der Waals surface area contributed by atoms with Gasteiger partial charge in [0.15, 0.2) is 11.8 Å². The topological polar surface area (TPSA) is 46.1 Å². The molecule has 1 aromatic heterocycles. The van der Waals surface area contributed by atoms with Crippen molar-refractivity contribution in [3.8, 4) is 0 Å². The molecule has 0 fully saturated rings. The van der Waals surface area contributed by atoms with Gasteiger partial charge in [-0.1, -0.05) is 30.3 Å². The molecular formula is C15H19BrN2O2. The summed E-state index contributed by atoms with van der Waals surface area (Å²) in [5.41, 5.74) is 0.779. The number of ketones is 1. The number of nitrogens with zero attached hydrogens (tertiary/aromatic N) is 2. The molecule has 0 saturated heterocycles. The highest BCUT2D eigenvalue weighted by Crippen LogP contribution is 2.19. The Kier molecular flexibility index (Phi) is 6.10. The summed E-state index contributed by atoms with van der Waals surface area (Å²) in [6, 6.07) is 9.01. The first-order chi connectivity index (χ1) is 9.08. The third-order valence-corrected chi connectivity index (χ3v) is 3.28. The van der Waals surface area contributed by atoms with Crippen molar-refractivity contribution in [1.82, 2.24) is 4.57 Å².